The van der Waals surface area contributed by atoms with Crippen molar-refractivity contribution in [2.45, 2.75) is 0 Å². The van der Waals surface area contributed by atoms with Crippen molar-refractivity contribution in [3.05, 3.63) is 53.9 Å². The minimum atomic E-state index is -1.50. The molecule has 6 nitrogen and oxygen atoms in total. The molecular weight excluding hydrogens is 418 g/mol. The number of hydrogen-bond donors (Lipinski definition) is 0. The van der Waals surface area contributed by atoms with Crippen LogP contribution in [0.3, 0.4) is 0 Å². The van der Waals surface area contributed by atoms with Crippen LogP contribution in [-0.4, -0.2) is 62.1 Å². The maximum Gasteiger partial charge on any atom is 0.186 e. The molecule has 10 heteroatoms. The van der Waals surface area contributed by atoms with Gasteiger partial charge in [0.25, 0.3) is 0 Å². The molecule has 3 aromatic rings. The second-order valence-corrected chi connectivity index (χ2v) is 6.90. The Morgan fingerprint density at radius 1 is 0.742 bits per heavy atom. The number of anilines is 1. The van der Waals surface area contributed by atoms with Crippen molar-refractivity contribution in [3.63, 3.8) is 0 Å². The molecule has 2 aromatic heterocycles. The maximum absolute atomic E-state index is 15.0. The van der Waals surface area contributed by atoms with Crippen LogP contribution in [-0.2, 0) is 14.2 Å². The summed E-state index contributed by atoms with van der Waals surface area (Å²) < 4.78 is 77.5. The molecule has 0 amide bonds. The molecule has 0 bridgehead atoms. The maximum atomic E-state index is 15.0. The van der Waals surface area contributed by atoms with Gasteiger partial charge in [-0.2, -0.15) is 0 Å². The summed E-state index contributed by atoms with van der Waals surface area (Å²) in [6.45, 7) is 1.50. The van der Waals surface area contributed by atoms with E-state index in [0.29, 0.717) is 18.9 Å². The molecule has 0 atom stereocenters. The Labute approximate surface area is 176 Å². The van der Waals surface area contributed by atoms with Crippen molar-refractivity contribution >= 4 is 11.3 Å². The van der Waals surface area contributed by atoms with Gasteiger partial charge in [-0.15, -0.1) is 0 Å². The summed E-state index contributed by atoms with van der Waals surface area (Å²) in [7, 11) is 0. The van der Waals surface area contributed by atoms with Crippen molar-refractivity contribution in [2.75, 3.05) is 57.6 Å². The van der Waals surface area contributed by atoms with E-state index in [0.717, 1.165) is 0 Å². The van der Waals surface area contributed by atoms with E-state index in [1.165, 1.54) is 15.5 Å². The third kappa shape index (κ3) is 4.51. The molecule has 0 spiro atoms. The molecule has 0 N–H and O–H groups in total. The Bertz CT molecular complexity index is 986. The third-order valence-electron chi connectivity index (χ3n) is 4.93. The number of hydrogen-bond acceptors (Lipinski definition) is 5. The highest BCUT2D eigenvalue weighted by atomic mass is 19.2. The lowest BCUT2D eigenvalue weighted by atomic mass is 10.1. The van der Waals surface area contributed by atoms with E-state index < -0.39 is 34.5 Å². The number of halogens is 4. The van der Waals surface area contributed by atoms with Crippen LogP contribution < -0.4 is 4.90 Å². The molecule has 31 heavy (non-hydrogen) atoms. The van der Waals surface area contributed by atoms with Gasteiger partial charge in [0.2, 0.25) is 0 Å². The summed E-state index contributed by atoms with van der Waals surface area (Å²) in [5.41, 5.74) is -1.45. The van der Waals surface area contributed by atoms with Gasteiger partial charge in [-0.25, -0.2) is 22.5 Å². The van der Waals surface area contributed by atoms with E-state index in [-0.39, 0.29) is 45.2 Å². The van der Waals surface area contributed by atoms with Gasteiger partial charge in [0.1, 0.15) is 11.3 Å². The topological polar surface area (TPSA) is 48.2 Å². The zero-order valence-electron chi connectivity index (χ0n) is 16.6. The van der Waals surface area contributed by atoms with Crippen molar-refractivity contribution in [1.29, 1.82) is 0 Å². The smallest absolute Gasteiger partial charge is 0.186 e. The summed E-state index contributed by atoms with van der Waals surface area (Å²) >= 11 is 0. The molecule has 0 radical (unpaired) electrons. The van der Waals surface area contributed by atoms with Crippen LogP contribution >= 0.6 is 0 Å². The van der Waals surface area contributed by atoms with Gasteiger partial charge < -0.3 is 23.5 Å². The Hall–Kier alpha value is -2.69. The fourth-order valence-corrected chi connectivity index (χ4v) is 3.40. The minimum absolute atomic E-state index is 0.0177. The first kappa shape index (κ1) is 21.5. The molecule has 1 aliphatic rings. The van der Waals surface area contributed by atoms with Crippen molar-refractivity contribution < 1.29 is 31.8 Å². The zero-order valence-corrected chi connectivity index (χ0v) is 16.6. The van der Waals surface area contributed by atoms with Gasteiger partial charge in [-0.1, -0.05) is 6.07 Å². The summed E-state index contributed by atoms with van der Waals surface area (Å²) in [5.74, 6) is -5.97. The SMILES string of the molecule is Fc1c(F)c(N2CCOCCOCCOCC2)c(F)c(F)c1-c1cn2ccccc2n1. The highest BCUT2D eigenvalue weighted by Gasteiger charge is 2.30. The molecule has 3 heterocycles. The molecule has 166 valence electrons. The standard InChI is InChI=1S/C21H21F4N3O3/c22-17-16(14-13-28-4-2-1-3-15(28)26-14)18(23)20(25)21(19(17)24)27-5-7-29-9-11-31-12-10-30-8-6-27/h1-4,13H,5-12H2. The van der Waals surface area contributed by atoms with E-state index in [9.17, 15) is 8.78 Å². The molecule has 1 fully saturated rings. The van der Waals surface area contributed by atoms with E-state index in [2.05, 4.69) is 4.98 Å². The summed E-state index contributed by atoms with van der Waals surface area (Å²) in [4.78, 5) is 5.27. The Morgan fingerprint density at radius 2 is 1.32 bits per heavy atom. The van der Waals surface area contributed by atoms with Gasteiger partial charge in [-0.3, -0.25) is 0 Å². The van der Waals surface area contributed by atoms with Gasteiger partial charge in [0.15, 0.2) is 23.3 Å². The zero-order chi connectivity index (χ0) is 21.8. The first-order valence-electron chi connectivity index (χ1n) is 9.86. The van der Waals surface area contributed by atoms with E-state index >= 15 is 8.78 Å². The number of rotatable bonds is 2. The molecule has 1 aliphatic heterocycles. The van der Waals surface area contributed by atoms with E-state index in [1.54, 1.807) is 24.4 Å². The van der Waals surface area contributed by atoms with Crippen LogP contribution in [0.25, 0.3) is 16.9 Å². The second-order valence-electron chi connectivity index (χ2n) is 6.90. The largest absolute Gasteiger partial charge is 0.377 e. The van der Waals surface area contributed by atoms with Gasteiger partial charge in [-0.05, 0) is 12.1 Å². The van der Waals surface area contributed by atoms with Crippen LogP contribution in [0, 0.1) is 23.3 Å². The highest BCUT2D eigenvalue weighted by Crippen LogP contribution is 2.36. The lowest BCUT2D eigenvalue weighted by Gasteiger charge is -2.27. The van der Waals surface area contributed by atoms with Gasteiger partial charge in [0, 0.05) is 25.5 Å². The third-order valence-corrected chi connectivity index (χ3v) is 4.93. The Morgan fingerprint density at radius 3 is 1.90 bits per heavy atom. The van der Waals surface area contributed by atoms with Crippen LogP contribution in [0.2, 0.25) is 0 Å². The monoisotopic (exact) mass is 439 g/mol. The van der Waals surface area contributed by atoms with Crippen LogP contribution in [0.5, 0.6) is 0 Å². The number of pyridine rings is 1. The summed E-state index contributed by atoms with van der Waals surface area (Å²) in [5, 5.41) is 0. The predicted molar refractivity (Wildman–Crippen MR) is 105 cm³/mol. The fraction of sp³-hybridized carbons (Fsp3) is 0.381. The van der Waals surface area contributed by atoms with Crippen LogP contribution in [0.1, 0.15) is 0 Å². The molecule has 1 saturated heterocycles. The molecule has 0 aliphatic carbocycles. The van der Waals surface area contributed by atoms with Crippen molar-refractivity contribution in [2.24, 2.45) is 0 Å². The van der Waals surface area contributed by atoms with Crippen LogP contribution in [0.15, 0.2) is 30.6 Å². The first-order chi connectivity index (χ1) is 15.1. The first-order valence-corrected chi connectivity index (χ1v) is 9.86. The number of benzene rings is 1. The number of imidazole rings is 1. The predicted octanol–water partition coefficient (Wildman–Crippen LogP) is 3.43. The van der Waals surface area contributed by atoms with Crippen molar-refractivity contribution in [1.82, 2.24) is 9.38 Å². The summed E-state index contributed by atoms with van der Waals surface area (Å²) in [6, 6.07) is 5.00. The molecule has 0 unspecified atom stereocenters. The average molecular weight is 439 g/mol. The second kappa shape index (κ2) is 9.63. The Kier molecular flexibility index (Phi) is 6.69. The lowest BCUT2D eigenvalue weighted by molar-refractivity contribution is 0.0125. The number of ether oxygens (including phenoxy) is 3. The van der Waals surface area contributed by atoms with Gasteiger partial charge in [0.05, 0.1) is 50.9 Å². The summed E-state index contributed by atoms with van der Waals surface area (Å²) in [6.07, 6.45) is 2.93. The van der Waals surface area contributed by atoms with Crippen LogP contribution in [0.4, 0.5) is 23.2 Å². The Balaban J connectivity index is 1.71. The number of aromatic nitrogens is 2. The van der Waals surface area contributed by atoms with Crippen molar-refractivity contribution in [3.8, 4) is 11.3 Å². The minimum Gasteiger partial charge on any atom is -0.377 e. The molecule has 4 rings (SSSR count). The number of fused-ring (bicyclic) bond motifs is 1. The number of nitrogens with zero attached hydrogens (tertiary/aromatic N) is 3. The molecular formula is C21H21F4N3O3. The molecule has 0 saturated carbocycles. The normalized spacial score (nSPS) is 16.8. The fourth-order valence-electron chi connectivity index (χ4n) is 3.40. The average Bonchev–Trinajstić information content (AvgIpc) is 3.18. The quantitative estimate of drug-likeness (QED) is 0.453. The van der Waals surface area contributed by atoms with E-state index in [4.69, 9.17) is 14.2 Å². The molecule has 1 aromatic carbocycles. The van der Waals surface area contributed by atoms with Gasteiger partial charge >= 0.3 is 0 Å². The highest BCUT2D eigenvalue weighted by molar-refractivity contribution is 5.68. The lowest BCUT2D eigenvalue weighted by Crippen LogP contribution is -2.34. The van der Waals surface area contributed by atoms with E-state index in [1.807, 2.05) is 0 Å².